The van der Waals surface area contributed by atoms with Crippen LogP contribution in [-0.4, -0.2) is 37.2 Å². The summed E-state index contributed by atoms with van der Waals surface area (Å²) in [7, 11) is -3.57. The summed E-state index contributed by atoms with van der Waals surface area (Å²) in [4.78, 5) is 12.4. The second kappa shape index (κ2) is 7.37. The van der Waals surface area contributed by atoms with Crippen LogP contribution in [0.4, 0.5) is 0 Å². The molecule has 1 amide bonds. The second-order valence-corrected chi connectivity index (χ2v) is 8.49. The van der Waals surface area contributed by atoms with Gasteiger partial charge in [-0.2, -0.15) is 5.10 Å². The number of carbonyl (C=O) groups excluding carboxylic acids is 1. The first-order valence-corrected chi connectivity index (χ1v) is 9.49. The molecule has 2 rings (SSSR count). The van der Waals surface area contributed by atoms with Crippen LogP contribution in [0.3, 0.4) is 0 Å². The maximum Gasteiger partial charge on any atom is 0.271 e. The minimum absolute atomic E-state index is 0.0991. The average Bonchev–Trinajstić information content (AvgIpc) is 2.94. The molecule has 1 heterocycles. The molecule has 0 bridgehead atoms. The van der Waals surface area contributed by atoms with Crippen molar-refractivity contribution in [2.45, 2.75) is 38.1 Å². The third kappa shape index (κ3) is 4.90. The van der Waals surface area contributed by atoms with E-state index in [2.05, 4.69) is 15.1 Å². The molecule has 0 unspecified atom stereocenters. The zero-order valence-electron chi connectivity index (χ0n) is 14.9. The van der Waals surface area contributed by atoms with Crippen molar-refractivity contribution in [3.8, 4) is 0 Å². The quantitative estimate of drug-likeness (QED) is 0.762. The van der Waals surface area contributed by atoms with Gasteiger partial charge in [0.15, 0.2) is 0 Å². The van der Waals surface area contributed by atoms with Gasteiger partial charge in [-0.3, -0.25) is 9.48 Å². The number of aryl methyl sites for hydroxylation is 1. The van der Waals surface area contributed by atoms with E-state index in [0.29, 0.717) is 5.69 Å². The molecule has 0 aliphatic heterocycles. The third-order valence-corrected chi connectivity index (χ3v) is 4.99. The van der Waals surface area contributed by atoms with E-state index in [0.717, 1.165) is 5.69 Å². The minimum Gasteiger partial charge on any atom is -0.349 e. The first-order valence-electron chi connectivity index (χ1n) is 8.01. The number of nitrogens with zero attached hydrogens (tertiary/aromatic N) is 2. The molecule has 1 aromatic carbocycles. The highest BCUT2D eigenvalue weighted by molar-refractivity contribution is 7.89. The van der Waals surface area contributed by atoms with E-state index < -0.39 is 10.0 Å². The predicted octanol–water partition coefficient (Wildman–Crippen LogP) is 1.65. The molecular weight excluding hydrogens is 340 g/mol. The topological polar surface area (TPSA) is 93.1 Å². The predicted molar refractivity (Wildman–Crippen MR) is 95.9 cm³/mol. The van der Waals surface area contributed by atoms with E-state index in [1.165, 1.54) is 12.1 Å². The molecule has 0 aliphatic carbocycles. The number of aromatic nitrogens is 2. The van der Waals surface area contributed by atoms with Crippen molar-refractivity contribution in [2.75, 3.05) is 13.1 Å². The molecule has 0 aliphatic rings. The maximum atomic E-state index is 12.2. The number of sulfonamides is 1. The Balaban J connectivity index is 1.89. The fourth-order valence-electron chi connectivity index (χ4n) is 2.40. The van der Waals surface area contributed by atoms with Crippen molar-refractivity contribution in [2.24, 2.45) is 0 Å². The van der Waals surface area contributed by atoms with Crippen molar-refractivity contribution in [3.63, 3.8) is 0 Å². The third-order valence-electron chi connectivity index (χ3n) is 3.51. The van der Waals surface area contributed by atoms with Gasteiger partial charge in [0, 0.05) is 18.8 Å². The molecule has 0 atom stereocenters. The summed E-state index contributed by atoms with van der Waals surface area (Å²) in [5.74, 6) is -0.329. The number of amides is 1. The Hall–Kier alpha value is -2.19. The Morgan fingerprint density at radius 3 is 2.36 bits per heavy atom. The number of rotatable bonds is 6. The molecule has 0 spiro atoms. The zero-order chi connectivity index (χ0) is 18.7. The lowest BCUT2D eigenvalue weighted by atomic mass is 10.1. The first kappa shape index (κ1) is 19.1. The van der Waals surface area contributed by atoms with Gasteiger partial charge in [-0.25, -0.2) is 13.1 Å². The molecular formula is C17H24N4O3S. The smallest absolute Gasteiger partial charge is 0.271 e. The van der Waals surface area contributed by atoms with Crippen molar-refractivity contribution < 1.29 is 13.2 Å². The Bertz CT molecular complexity index is 837. The number of carbonyl (C=O) groups is 1. The van der Waals surface area contributed by atoms with Crippen molar-refractivity contribution in [1.82, 2.24) is 19.8 Å². The van der Waals surface area contributed by atoms with E-state index in [1.54, 1.807) is 28.9 Å². The van der Waals surface area contributed by atoms with Crippen LogP contribution in [0.1, 0.15) is 37.0 Å². The van der Waals surface area contributed by atoms with Crippen LogP contribution in [0.5, 0.6) is 0 Å². The van der Waals surface area contributed by atoms with Gasteiger partial charge in [0.2, 0.25) is 10.0 Å². The monoisotopic (exact) mass is 364 g/mol. The lowest BCUT2D eigenvalue weighted by Gasteiger charge is -2.21. The molecule has 0 radical (unpaired) electrons. The van der Waals surface area contributed by atoms with Gasteiger partial charge in [-0.1, -0.05) is 18.2 Å². The van der Waals surface area contributed by atoms with Gasteiger partial charge in [0.1, 0.15) is 5.69 Å². The Labute approximate surface area is 148 Å². The van der Waals surface area contributed by atoms with Crippen LogP contribution in [-0.2, 0) is 15.6 Å². The highest BCUT2D eigenvalue weighted by Crippen LogP contribution is 2.16. The summed E-state index contributed by atoms with van der Waals surface area (Å²) in [5.41, 5.74) is 0.995. The first-order chi connectivity index (χ1) is 11.6. The van der Waals surface area contributed by atoms with Gasteiger partial charge in [0.05, 0.1) is 10.4 Å². The Morgan fingerprint density at radius 1 is 1.16 bits per heavy atom. The number of hydrogen-bond acceptors (Lipinski definition) is 4. The molecule has 7 nitrogen and oxygen atoms in total. The van der Waals surface area contributed by atoms with Gasteiger partial charge < -0.3 is 5.32 Å². The Kier molecular flexibility index (Phi) is 5.64. The van der Waals surface area contributed by atoms with Crippen LogP contribution >= 0.6 is 0 Å². The number of nitrogens with one attached hydrogen (secondary N) is 2. The molecule has 8 heteroatoms. The van der Waals surface area contributed by atoms with Gasteiger partial charge in [-0.15, -0.1) is 0 Å². The summed E-state index contributed by atoms with van der Waals surface area (Å²) in [5, 5.41) is 7.00. The van der Waals surface area contributed by atoms with E-state index in [1.807, 2.05) is 27.7 Å². The minimum atomic E-state index is -3.57. The summed E-state index contributed by atoms with van der Waals surface area (Å²) < 4.78 is 28.4. The van der Waals surface area contributed by atoms with Crippen LogP contribution < -0.4 is 10.0 Å². The van der Waals surface area contributed by atoms with E-state index in [9.17, 15) is 13.2 Å². The number of hydrogen-bond donors (Lipinski definition) is 2. The fraction of sp³-hybridized carbons (Fsp3) is 0.412. The van der Waals surface area contributed by atoms with Crippen molar-refractivity contribution in [1.29, 1.82) is 0 Å². The summed E-state index contributed by atoms with van der Waals surface area (Å²) in [6.45, 7) is 8.18. The van der Waals surface area contributed by atoms with Crippen molar-refractivity contribution >= 4 is 15.9 Å². The SMILES string of the molecule is Cc1cc(C(=O)NCCNS(=O)(=O)c2ccccc2)nn1C(C)(C)C. The summed E-state index contributed by atoms with van der Waals surface area (Å²) in [6.07, 6.45) is 0. The van der Waals surface area contributed by atoms with Crippen LogP contribution in [0, 0.1) is 6.92 Å². The molecule has 0 fully saturated rings. The molecule has 2 aromatic rings. The summed E-state index contributed by atoms with van der Waals surface area (Å²) >= 11 is 0. The molecule has 2 N–H and O–H groups in total. The largest absolute Gasteiger partial charge is 0.349 e. The van der Waals surface area contributed by atoms with Crippen LogP contribution in [0.25, 0.3) is 0 Å². The zero-order valence-corrected chi connectivity index (χ0v) is 15.7. The lowest BCUT2D eigenvalue weighted by molar-refractivity contribution is 0.0947. The van der Waals surface area contributed by atoms with E-state index in [-0.39, 0.29) is 29.4 Å². The molecule has 25 heavy (non-hydrogen) atoms. The lowest BCUT2D eigenvalue weighted by Crippen LogP contribution is -2.35. The average molecular weight is 364 g/mol. The standard InChI is InChI=1S/C17H24N4O3S/c1-13-12-15(20-21(13)17(2,3)4)16(22)18-10-11-19-25(23,24)14-8-6-5-7-9-14/h5-9,12,19H,10-11H2,1-4H3,(H,18,22). The molecule has 136 valence electrons. The molecule has 0 saturated heterocycles. The molecule has 1 aromatic heterocycles. The van der Waals surface area contributed by atoms with Gasteiger partial charge in [0.25, 0.3) is 5.91 Å². The maximum absolute atomic E-state index is 12.2. The van der Waals surface area contributed by atoms with Gasteiger partial charge in [-0.05, 0) is 45.9 Å². The van der Waals surface area contributed by atoms with Gasteiger partial charge >= 0.3 is 0 Å². The normalized spacial score (nSPS) is 12.2. The highest BCUT2D eigenvalue weighted by atomic mass is 32.2. The van der Waals surface area contributed by atoms with Crippen LogP contribution in [0.2, 0.25) is 0 Å². The summed E-state index contributed by atoms with van der Waals surface area (Å²) in [6, 6.07) is 9.81. The molecule has 0 saturated carbocycles. The highest BCUT2D eigenvalue weighted by Gasteiger charge is 2.20. The number of benzene rings is 1. The Morgan fingerprint density at radius 2 is 1.80 bits per heavy atom. The van der Waals surface area contributed by atoms with E-state index in [4.69, 9.17) is 0 Å². The van der Waals surface area contributed by atoms with Crippen LogP contribution in [0.15, 0.2) is 41.3 Å². The fourth-order valence-corrected chi connectivity index (χ4v) is 3.45. The van der Waals surface area contributed by atoms with E-state index >= 15 is 0 Å². The van der Waals surface area contributed by atoms with Crippen molar-refractivity contribution in [3.05, 3.63) is 47.8 Å². The second-order valence-electron chi connectivity index (χ2n) is 6.72.